The van der Waals surface area contributed by atoms with Crippen molar-refractivity contribution in [2.24, 2.45) is 11.8 Å². The molecule has 1 heterocycles. The highest BCUT2D eigenvalue weighted by Gasteiger charge is 2.38. The Hall–Kier alpha value is -3.01. The Morgan fingerprint density at radius 1 is 1.08 bits per heavy atom. The molecule has 2 aromatic carbocycles. The van der Waals surface area contributed by atoms with E-state index in [4.69, 9.17) is 11.6 Å². The van der Waals surface area contributed by atoms with Crippen molar-refractivity contribution >= 4 is 34.6 Å². The SMILES string of the molecule is CN(C[C@H]1CC[C@H](Nc2ccc([N+](=O)[O-])c(C(F)(F)F)c2)CC1)C(=O)C1CCN(c2ccc(Cl)cc2)CC1. The molecule has 0 atom stereocenters. The van der Waals surface area contributed by atoms with E-state index in [1.165, 1.54) is 6.07 Å². The van der Waals surface area contributed by atoms with Gasteiger partial charge in [-0.05, 0) is 80.8 Å². The van der Waals surface area contributed by atoms with Gasteiger partial charge >= 0.3 is 6.18 Å². The van der Waals surface area contributed by atoms with Gasteiger partial charge in [0.2, 0.25) is 5.91 Å². The number of carbonyl (C=O) groups excluding carboxylic acids is 1. The van der Waals surface area contributed by atoms with E-state index in [1.807, 2.05) is 36.2 Å². The second kappa shape index (κ2) is 11.8. The van der Waals surface area contributed by atoms with Crippen LogP contribution in [-0.2, 0) is 11.0 Å². The monoisotopic (exact) mass is 552 g/mol. The minimum absolute atomic E-state index is 0.00604. The summed E-state index contributed by atoms with van der Waals surface area (Å²) >= 11 is 5.98. The molecule has 0 radical (unpaired) electrons. The normalized spacial score (nSPS) is 20.7. The standard InChI is InChI=1S/C27H32ClF3N4O3/c1-33(26(36)19-12-14-34(15-13-19)23-9-4-20(28)5-10-23)17-18-2-6-21(7-3-18)32-22-8-11-25(35(37)38)24(16-22)27(29,30)31/h4-5,8-11,16,18-19,21,32H,2-3,6-7,12-15,17H2,1H3/t18-,21-. The molecular weight excluding hydrogens is 521 g/mol. The molecule has 38 heavy (non-hydrogen) atoms. The zero-order valence-corrected chi connectivity index (χ0v) is 22.0. The first-order valence-corrected chi connectivity index (χ1v) is 13.3. The highest BCUT2D eigenvalue weighted by molar-refractivity contribution is 6.30. The van der Waals surface area contributed by atoms with Gasteiger partial charge in [0.1, 0.15) is 5.56 Å². The van der Waals surface area contributed by atoms with Gasteiger partial charge in [0, 0.05) is 61.1 Å². The van der Waals surface area contributed by atoms with E-state index in [1.54, 1.807) is 0 Å². The molecular formula is C27H32ClF3N4O3. The van der Waals surface area contributed by atoms with Crippen LogP contribution in [0.1, 0.15) is 44.1 Å². The number of benzene rings is 2. The summed E-state index contributed by atoms with van der Waals surface area (Å²) in [5, 5.41) is 14.8. The highest BCUT2D eigenvalue weighted by Crippen LogP contribution is 2.38. The lowest BCUT2D eigenvalue weighted by atomic mass is 9.85. The third-order valence-electron chi connectivity index (χ3n) is 7.66. The summed E-state index contributed by atoms with van der Waals surface area (Å²) < 4.78 is 39.8. The van der Waals surface area contributed by atoms with E-state index in [9.17, 15) is 28.1 Å². The van der Waals surface area contributed by atoms with Crippen LogP contribution in [0.2, 0.25) is 5.02 Å². The number of nitrogens with one attached hydrogen (secondary N) is 1. The van der Waals surface area contributed by atoms with E-state index in [0.29, 0.717) is 17.5 Å². The molecule has 0 bridgehead atoms. The minimum atomic E-state index is -4.80. The average Bonchev–Trinajstić information content (AvgIpc) is 2.89. The number of carbonyl (C=O) groups is 1. The maximum atomic E-state index is 13.3. The molecule has 206 valence electrons. The molecule has 1 N–H and O–H groups in total. The quantitative estimate of drug-likeness (QED) is 0.309. The number of hydrogen-bond donors (Lipinski definition) is 1. The van der Waals surface area contributed by atoms with Crippen molar-refractivity contribution in [2.75, 3.05) is 36.9 Å². The molecule has 4 rings (SSSR count). The molecule has 2 aromatic rings. The summed E-state index contributed by atoms with van der Waals surface area (Å²) in [6.45, 7) is 2.31. The molecule has 11 heteroatoms. The summed E-state index contributed by atoms with van der Waals surface area (Å²) in [7, 11) is 1.85. The first-order valence-electron chi connectivity index (χ1n) is 12.9. The lowest BCUT2D eigenvalue weighted by molar-refractivity contribution is -0.388. The van der Waals surface area contributed by atoms with Crippen molar-refractivity contribution in [1.82, 2.24) is 4.90 Å². The molecule has 1 saturated heterocycles. The fourth-order valence-electron chi connectivity index (χ4n) is 5.56. The molecule has 0 unspecified atom stereocenters. The van der Waals surface area contributed by atoms with Crippen LogP contribution in [0.5, 0.6) is 0 Å². The number of nitro groups is 1. The summed E-state index contributed by atoms with van der Waals surface area (Å²) in [6.07, 6.45) is 0.0123. The van der Waals surface area contributed by atoms with Gasteiger partial charge < -0.3 is 15.1 Å². The van der Waals surface area contributed by atoms with Crippen molar-refractivity contribution in [1.29, 1.82) is 0 Å². The van der Waals surface area contributed by atoms with Crippen molar-refractivity contribution in [3.8, 4) is 0 Å². The fraction of sp³-hybridized carbons (Fsp3) is 0.519. The van der Waals surface area contributed by atoms with Gasteiger partial charge in [0.05, 0.1) is 4.92 Å². The van der Waals surface area contributed by atoms with Gasteiger partial charge in [0.25, 0.3) is 5.69 Å². The van der Waals surface area contributed by atoms with Crippen LogP contribution >= 0.6 is 11.6 Å². The number of alkyl halides is 3. The number of rotatable bonds is 7. The van der Waals surface area contributed by atoms with E-state index >= 15 is 0 Å². The number of halogens is 4. The molecule has 0 aromatic heterocycles. The third kappa shape index (κ3) is 6.89. The van der Waals surface area contributed by atoms with Crippen molar-refractivity contribution < 1.29 is 22.9 Å². The Morgan fingerprint density at radius 2 is 1.71 bits per heavy atom. The second-order valence-electron chi connectivity index (χ2n) is 10.3. The molecule has 1 aliphatic carbocycles. The maximum Gasteiger partial charge on any atom is 0.423 e. The second-order valence-corrected chi connectivity index (χ2v) is 10.7. The van der Waals surface area contributed by atoms with Crippen LogP contribution in [0.3, 0.4) is 0 Å². The first kappa shape index (κ1) is 28.0. The van der Waals surface area contributed by atoms with Gasteiger partial charge in [-0.1, -0.05) is 11.6 Å². The smallest absolute Gasteiger partial charge is 0.382 e. The van der Waals surface area contributed by atoms with Gasteiger partial charge in [-0.15, -0.1) is 0 Å². The predicted octanol–water partition coefficient (Wildman–Crippen LogP) is 6.61. The summed E-state index contributed by atoms with van der Waals surface area (Å²) in [4.78, 5) is 27.2. The lowest BCUT2D eigenvalue weighted by Crippen LogP contribution is -2.43. The topological polar surface area (TPSA) is 78.7 Å². The first-order chi connectivity index (χ1) is 18.0. The molecule has 7 nitrogen and oxygen atoms in total. The van der Waals surface area contributed by atoms with E-state index in [2.05, 4.69) is 10.2 Å². The lowest BCUT2D eigenvalue weighted by Gasteiger charge is -2.36. The highest BCUT2D eigenvalue weighted by atomic mass is 35.5. The summed E-state index contributed by atoms with van der Waals surface area (Å²) in [6, 6.07) is 10.8. The number of piperidine rings is 1. The Morgan fingerprint density at radius 3 is 2.29 bits per heavy atom. The largest absolute Gasteiger partial charge is 0.423 e. The van der Waals surface area contributed by atoms with Crippen LogP contribution in [0.4, 0.5) is 30.2 Å². The van der Waals surface area contributed by atoms with E-state index in [-0.39, 0.29) is 23.6 Å². The van der Waals surface area contributed by atoms with Crippen molar-refractivity contribution in [2.45, 2.75) is 50.7 Å². The molecule has 2 fully saturated rings. The van der Waals surface area contributed by atoms with Gasteiger partial charge in [0.15, 0.2) is 0 Å². The maximum absolute atomic E-state index is 13.3. The number of amides is 1. The zero-order chi connectivity index (χ0) is 27.4. The Balaban J connectivity index is 1.23. The molecule has 2 aliphatic rings. The van der Waals surface area contributed by atoms with Gasteiger partial charge in [-0.25, -0.2) is 0 Å². The van der Waals surface area contributed by atoms with E-state index in [0.717, 1.165) is 69.4 Å². The molecule has 1 aliphatic heterocycles. The molecule has 1 saturated carbocycles. The van der Waals surface area contributed by atoms with Crippen molar-refractivity contribution in [3.05, 3.63) is 63.2 Å². The van der Waals surface area contributed by atoms with Crippen LogP contribution < -0.4 is 10.2 Å². The summed E-state index contributed by atoms with van der Waals surface area (Å²) in [5.74, 6) is 0.511. The van der Waals surface area contributed by atoms with Crippen LogP contribution in [0.15, 0.2) is 42.5 Å². The zero-order valence-electron chi connectivity index (χ0n) is 21.2. The van der Waals surface area contributed by atoms with Gasteiger partial charge in [-0.3, -0.25) is 14.9 Å². The van der Waals surface area contributed by atoms with Crippen LogP contribution in [-0.4, -0.2) is 48.5 Å². The number of anilines is 2. The fourth-order valence-corrected chi connectivity index (χ4v) is 5.69. The predicted molar refractivity (Wildman–Crippen MR) is 141 cm³/mol. The number of hydrogen-bond acceptors (Lipinski definition) is 5. The Bertz CT molecular complexity index is 1130. The Kier molecular flexibility index (Phi) is 8.70. The minimum Gasteiger partial charge on any atom is -0.382 e. The van der Waals surface area contributed by atoms with Crippen molar-refractivity contribution in [3.63, 3.8) is 0 Å². The molecule has 1 amide bonds. The summed E-state index contributed by atoms with van der Waals surface area (Å²) in [5.41, 5.74) is -0.860. The van der Waals surface area contributed by atoms with Crippen LogP contribution in [0.25, 0.3) is 0 Å². The third-order valence-corrected chi connectivity index (χ3v) is 7.91. The molecule has 0 spiro atoms. The Labute approximate surface area is 225 Å². The number of nitro benzene ring substituents is 1. The average molecular weight is 553 g/mol. The van der Waals surface area contributed by atoms with Crippen LogP contribution in [0, 0.1) is 22.0 Å². The number of nitrogens with zero attached hydrogens (tertiary/aromatic N) is 3. The van der Waals surface area contributed by atoms with E-state index < -0.39 is 22.4 Å². The van der Waals surface area contributed by atoms with Gasteiger partial charge in [-0.2, -0.15) is 13.2 Å².